The molecular formula is C29H29F3N4O2. The maximum Gasteiger partial charge on any atom is 0.185 e. The van der Waals surface area contributed by atoms with Gasteiger partial charge in [0, 0.05) is 24.9 Å². The molecule has 4 atom stereocenters. The molecule has 4 rings (SSSR count). The van der Waals surface area contributed by atoms with Crippen molar-refractivity contribution >= 4 is 5.78 Å². The molecule has 38 heavy (non-hydrogen) atoms. The summed E-state index contributed by atoms with van der Waals surface area (Å²) in [7, 11) is 0. The molecule has 1 aliphatic rings. The molecule has 2 N–H and O–H groups in total. The van der Waals surface area contributed by atoms with Crippen molar-refractivity contribution in [3.05, 3.63) is 82.6 Å². The number of nitriles is 1. The summed E-state index contributed by atoms with van der Waals surface area (Å²) >= 11 is 0. The highest BCUT2D eigenvalue weighted by molar-refractivity contribution is 5.96. The first kappa shape index (κ1) is 27.4. The third-order valence-corrected chi connectivity index (χ3v) is 7.01. The van der Waals surface area contributed by atoms with Crippen LogP contribution in [0.15, 0.2) is 42.7 Å². The largest absolute Gasteiger partial charge is 0.375 e. The highest BCUT2D eigenvalue weighted by Gasteiger charge is 2.35. The molecule has 6 nitrogen and oxygen atoms in total. The lowest BCUT2D eigenvalue weighted by molar-refractivity contribution is -0.0199. The maximum absolute atomic E-state index is 14.6. The molecule has 0 amide bonds. The zero-order valence-electron chi connectivity index (χ0n) is 21.3. The highest BCUT2D eigenvalue weighted by atomic mass is 19.1. The van der Waals surface area contributed by atoms with Crippen LogP contribution in [0, 0.1) is 41.6 Å². The third kappa shape index (κ3) is 5.93. The van der Waals surface area contributed by atoms with E-state index in [1.165, 1.54) is 13.0 Å². The van der Waals surface area contributed by atoms with Crippen molar-refractivity contribution in [2.45, 2.75) is 57.6 Å². The van der Waals surface area contributed by atoms with Crippen LogP contribution in [-0.4, -0.2) is 34.5 Å². The van der Waals surface area contributed by atoms with E-state index in [0.29, 0.717) is 30.6 Å². The van der Waals surface area contributed by atoms with Crippen LogP contribution in [0.25, 0.3) is 11.3 Å². The van der Waals surface area contributed by atoms with E-state index in [1.54, 1.807) is 12.4 Å². The van der Waals surface area contributed by atoms with Gasteiger partial charge in [-0.2, -0.15) is 5.26 Å². The number of ketones is 1. The maximum atomic E-state index is 14.6. The van der Waals surface area contributed by atoms with Crippen molar-refractivity contribution in [2.75, 3.05) is 6.61 Å². The van der Waals surface area contributed by atoms with Gasteiger partial charge in [-0.3, -0.25) is 9.78 Å². The number of nitrogens with zero attached hydrogens (tertiary/aromatic N) is 3. The number of hydrogen-bond acceptors (Lipinski definition) is 6. The third-order valence-electron chi connectivity index (χ3n) is 7.01. The Balaban J connectivity index is 1.56. The minimum absolute atomic E-state index is 0.0640. The van der Waals surface area contributed by atoms with Crippen LogP contribution in [0.1, 0.15) is 59.3 Å². The fourth-order valence-electron chi connectivity index (χ4n) is 5.29. The highest BCUT2D eigenvalue weighted by Crippen LogP contribution is 2.38. The molecule has 0 bridgehead atoms. The first-order valence-electron chi connectivity index (χ1n) is 12.5. The Hall–Kier alpha value is -3.61. The summed E-state index contributed by atoms with van der Waals surface area (Å²) in [6.07, 6.45) is 4.77. The minimum atomic E-state index is -0.953. The zero-order valence-corrected chi connectivity index (χ0v) is 21.3. The van der Waals surface area contributed by atoms with Gasteiger partial charge in [0.15, 0.2) is 5.78 Å². The molecule has 0 aliphatic heterocycles. The number of rotatable bonds is 8. The number of aromatic nitrogens is 2. The van der Waals surface area contributed by atoms with Crippen molar-refractivity contribution < 1.29 is 22.7 Å². The number of carbonyl (C=O) groups excluding carboxylic acids is 1. The molecule has 2 aromatic heterocycles. The second kappa shape index (κ2) is 11.8. The summed E-state index contributed by atoms with van der Waals surface area (Å²) in [5.74, 6) is -3.06. The van der Waals surface area contributed by atoms with Crippen LogP contribution in [0.5, 0.6) is 0 Å². The Bertz CT molecular complexity index is 1340. The van der Waals surface area contributed by atoms with Gasteiger partial charge in [-0.1, -0.05) is 6.92 Å². The van der Waals surface area contributed by atoms with Gasteiger partial charge in [-0.15, -0.1) is 0 Å². The number of pyridine rings is 2. The Morgan fingerprint density at radius 2 is 1.89 bits per heavy atom. The first-order chi connectivity index (χ1) is 18.2. The first-order valence-corrected chi connectivity index (χ1v) is 12.5. The molecule has 1 aliphatic carbocycles. The average molecular weight is 523 g/mol. The standard InChI is InChI=1S/C29H29F3N4O2/c1-16-10-22(31)27(23(32)11-16)28-21(30)4-5-25(36-28)26(37)14-19-15-35-8-6-20(19)18-12-17(2)29(24(34)13-18)38-9-3-7-33/h4-6,8,10-11,15,17-18,24,29H,3,9,12-14,34H2,1-2H3/t17-,18+,24+,29-/m0/s1. The minimum Gasteiger partial charge on any atom is -0.375 e. The normalized spacial score (nSPS) is 21.2. The molecule has 198 valence electrons. The molecule has 0 spiro atoms. The fraction of sp³-hybridized carbons (Fsp3) is 0.379. The van der Waals surface area contributed by atoms with Crippen LogP contribution in [0.4, 0.5) is 13.2 Å². The van der Waals surface area contributed by atoms with Gasteiger partial charge in [0.25, 0.3) is 0 Å². The summed E-state index contributed by atoms with van der Waals surface area (Å²) in [5.41, 5.74) is 7.15. The number of benzene rings is 1. The number of halogens is 3. The van der Waals surface area contributed by atoms with E-state index in [0.717, 1.165) is 30.2 Å². The smallest absolute Gasteiger partial charge is 0.185 e. The van der Waals surface area contributed by atoms with Crippen molar-refractivity contribution in [1.29, 1.82) is 5.26 Å². The molecule has 0 radical (unpaired) electrons. The lowest BCUT2D eigenvalue weighted by atomic mass is 9.73. The summed E-state index contributed by atoms with van der Waals surface area (Å²) < 4.78 is 49.5. The van der Waals surface area contributed by atoms with Crippen molar-refractivity contribution in [1.82, 2.24) is 9.97 Å². The molecule has 0 saturated heterocycles. The molecule has 3 aromatic rings. The second-order valence-electron chi connectivity index (χ2n) is 9.86. The van der Waals surface area contributed by atoms with Crippen LogP contribution >= 0.6 is 0 Å². The number of Topliss-reactive ketones (excluding diaryl/α,β-unsaturated/α-hetero) is 1. The Morgan fingerprint density at radius 3 is 2.58 bits per heavy atom. The summed E-state index contributed by atoms with van der Waals surface area (Å²) in [6.45, 7) is 3.91. The molecule has 1 fully saturated rings. The SMILES string of the molecule is Cc1cc(F)c(-c2nc(C(=O)Cc3cnccc3[C@H]3C[C@@H](N)[C@@H](OCCC#N)[C@@H](C)C3)ccc2F)c(F)c1. The van der Waals surface area contributed by atoms with Crippen LogP contribution in [0.2, 0.25) is 0 Å². The van der Waals surface area contributed by atoms with E-state index in [1.807, 2.05) is 6.07 Å². The molecule has 2 heterocycles. The van der Waals surface area contributed by atoms with Gasteiger partial charge in [0.05, 0.1) is 30.8 Å². The van der Waals surface area contributed by atoms with Gasteiger partial charge in [0.1, 0.15) is 28.8 Å². The van der Waals surface area contributed by atoms with Gasteiger partial charge in [0.2, 0.25) is 0 Å². The monoisotopic (exact) mass is 522 g/mol. The summed E-state index contributed by atoms with van der Waals surface area (Å²) in [6, 6.07) is 8.08. The van der Waals surface area contributed by atoms with E-state index in [-0.39, 0.29) is 36.1 Å². The van der Waals surface area contributed by atoms with Crippen molar-refractivity contribution in [3.8, 4) is 17.3 Å². The molecule has 1 saturated carbocycles. The van der Waals surface area contributed by atoms with Gasteiger partial charge < -0.3 is 10.5 Å². The number of nitrogens with two attached hydrogens (primary N) is 1. The number of ether oxygens (including phenoxy) is 1. The molecule has 9 heteroatoms. The topological polar surface area (TPSA) is 102 Å². The van der Waals surface area contributed by atoms with Crippen molar-refractivity contribution in [2.24, 2.45) is 11.7 Å². The van der Waals surface area contributed by atoms with Crippen molar-refractivity contribution in [3.63, 3.8) is 0 Å². The number of carbonyl (C=O) groups is 1. The average Bonchev–Trinajstić information content (AvgIpc) is 2.86. The van der Waals surface area contributed by atoms with Gasteiger partial charge >= 0.3 is 0 Å². The number of hydrogen-bond donors (Lipinski definition) is 1. The Labute approximate surface area is 219 Å². The quantitative estimate of drug-likeness (QED) is 0.313. The van der Waals surface area contributed by atoms with E-state index < -0.39 is 34.5 Å². The van der Waals surface area contributed by atoms with E-state index in [2.05, 4.69) is 23.0 Å². The Morgan fingerprint density at radius 1 is 1.16 bits per heavy atom. The van der Waals surface area contributed by atoms with Gasteiger partial charge in [-0.05, 0) is 78.6 Å². The molecule has 1 aromatic carbocycles. The van der Waals surface area contributed by atoms with Crippen LogP contribution < -0.4 is 5.73 Å². The Kier molecular flexibility index (Phi) is 8.55. The van der Waals surface area contributed by atoms with Crippen LogP contribution in [0.3, 0.4) is 0 Å². The van der Waals surface area contributed by atoms with E-state index in [4.69, 9.17) is 15.7 Å². The fourth-order valence-corrected chi connectivity index (χ4v) is 5.29. The van der Waals surface area contributed by atoms with E-state index >= 15 is 0 Å². The van der Waals surface area contributed by atoms with Crippen LogP contribution in [-0.2, 0) is 11.2 Å². The zero-order chi connectivity index (χ0) is 27.4. The van der Waals surface area contributed by atoms with E-state index in [9.17, 15) is 18.0 Å². The summed E-state index contributed by atoms with van der Waals surface area (Å²) in [4.78, 5) is 21.4. The molecular weight excluding hydrogens is 493 g/mol. The number of aryl methyl sites for hydroxylation is 1. The second-order valence-corrected chi connectivity index (χ2v) is 9.86. The lowest BCUT2D eigenvalue weighted by Crippen LogP contribution is -2.46. The predicted molar refractivity (Wildman–Crippen MR) is 136 cm³/mol. The lowest BCUT2D eigenvalue weighted by Gasteiger charge is -2.39. The van der Waals surface area contributed by atoms with Gasteiger partial charge in [-0.25, -0.2) is 18.2 Å². The predicted octanol–water partition coefficient (Wildman–Crippen LogP) is 5.43. The summed E-state index contributed by atoms with van der Waals surface area (Å²) in [5, 5.41) is 8.77. The molecule has 0 unspecified atom stereocenters.